The molecule has 0 aliphatic carbocycles. The van der Waals surface area contributed by atoms with Crippen molar-refractivity contribution in [2.24, 2.45) is 0 Å². The van der Waals surface area contributed by atoms with Gasteiger partial charge in [-0.05, 0) is 17.5 Å². The van der Waals surface area contributed by atoms with Crippen molar-refractivity contribution in [3.05, 3.63) is 22.2 Å². The minimum absolute atomic E-state index is 0.0187. The van der Waals surface area contributed by atoms with Crippen LogP contribution in [0, 0.1) is 0 Å². The van der Waals surface area contributed by atoms with Crippen LogP contribution in [-0.2, 0) is 4.79 Å². The number of carbonyl (C=O) groups excluding carboxylic acids is 1. The highest BCUT2D eigenvalue weighted by Gasteiger charge is 2.27. The normalized spacial score (nSPS) is 10.4. The van der Waals surface area contributed by atoms with E-state index in [4.69, 9.17) is 26.2 Å². The highest BCUT2D eigenvalue weighted by atomic mass is 35.5. The molecular weight excluding hydrogens is 272 g/mol. The summed E-state index contributed by atoms with van der Waals surface area (Å²) in [5, 5.41) is 9.05. The van der Waals surface area contributed by atoms with Gasteiger partial charge in [0.2, 0.25) is 0 Å². The summed E-state index contributed by atoms with van der Waals surface area (Å²) < 4.78 is 10.2. The highest BCUT2D eigenvalue weighted by Crippen LogP contribution is 2.42. The number of methoxy groups -OCH3 is 2. The lowest BCUT2D eigenvalue weighted by Crippen LogP contribution is -2.16. The predicted molar refractivity (Wildman–Crippen MR) is 70.6 cm³/mol. The van der Waals surface area contributed by atoms with Crippen LogP contribution in [0.1, 0.15) is 35.7 Å². The fraction of sp³-hybridized carbons (Fsp3) is 0.385. The van der Waals surface area contributed by atoms with Crippen LogP contribution >= 0.6 is 11.6 Å². The van der Waals surface area contributed by atoms with Crippen molar-refractivity contribution in [2.45, 2.75) is 19.8 Å². The predicted octanol–water partition coefficient (Wildman–Crippen LogP) is 2.75. The standard InChI is InChI=1S/C13H15ClO5/c1-6(2)9-7(11(15)13(16)17)5-8(18-3)12(19-4)10(9)14/h5-6H,1-4H3,(H,16,17). The van der Waals surface area contributed by atoms with Crippen LogP contribution in [0.15, 0.2) is 6.07 Å². The molecule has 19 heavy (non-hydrogen) atoms. The number of carboxylic acid groups (broad SMARTS) is 1. The number of halogens is 1. The van der Waals surface area contributed by atoms with E-state index in [-0.39, 0.29) is 28.0 Å². The van der Waals surface area contributed by atoms with Gasteiger partial charge in [0.25, 0.3) is 5.78 Å². The SMILES string of the molecule is COc1cc(C(=O)C(=O)O)c(C(C)C)c(Cl)c1OC. The Morgan fingerprint density at radius 1 is 1.26 bits per heavy atom. The molecule has 0 saturated heterocycles. The Hall–Kier alpha value is -1.75. The third-order valence-corrected chi connectivity index (χ3v) is 3.04. The molecule has 0 aromatic heterocycles. The van der Waals surface area contributed by atoms with Crippen molar-refractivity contribution in [3.8, 4) is 11.5 Å². The largest absolute Gasteiger partial charge is 0.493 e. The van der Waals surface area contributed by atoms with E-state index in [1.54, 1.807) is 0 Å². The van der Waals surface area contributed by atoms with E-state index in [1.807, 2.05) is 13.8 Å². The fourth-order valence-corrected chi connectivity index (χ4v) is 2.32. The second kappa shape index (κ2) is 5.93. The Balaban J connectivity index is 3.66. The van der Waals surface area contributed by atoms with Gasteiger partial charge in [-0.3, -0.25) is 4.79 Å². The number of rotatable bonds is 5. The first-order valence-electron chi connectivity index (χ1n) is 5.57. The van der Waals surface area contributed by atoms with Crippen LogP contribution in [-0.4, -0.2) is 31.1 Å². The number of hydrogen-bond acceptors (Lipinski definition) is 4. The van der Waals surface area contributed by atoms with Gasteiger partial charge in [-0.2, -0.15) is 0 Å². The maximum absolute atomic E-state index is 11.7. The van der Waals surface area contributed by atoms with Crippen molar-refractivity contribution >= 4 is 23.4 Å². The zero-order valence-corrected chi connectivity index (χ0v) is 11.9. The lowest BCUT2D eigenvalue weighted by molar-refractivity contribution is -0.131. The molecule has 0 radical (unpaired) electrons. The Labute approximate surface area is 116 Å². The maximum atomic E-state index is 11.7. The number of Topliss-reactive ketones (excluding diaryl/α,β-unsaturated/α-hetero) is 1. The Bertz CT molecular complexity index is 522. The first-order chi connectivity index (χ1) is 8.84. The summed E-state index contributed by atoms with van der Waals surface area (Å²) in [6.45, 7) is 3.62. The summed E-state index contributed by atoms with van der Waals surface area (Å²) in [7, 11) is 2.81. The molecule has 6 heteroatoms. The molecule has 1 N–H and O–H groups in total. The minimum atomic E-state index is -1.54. The van der Waals surface area contributed by atoms with Crippen LogP contribution in [0.25, 0.3) is 0 Å². The van der Waals surface area contributed by atoms with Gasteiger partial charge < -0.3 is 14.6 Å². The number of aliphatic carboxylic acids is 1. The molecule has 104 valence electrons. The molecule has 0 amide bonds. The van der Waals surface area contributed by atoms with E-state index >= 15 is 0 Å². The highest BCUT2D eigenvalue weighted by molar-refractivity contribution is 6.41. The molecule has 0 unspecified atom stereocenters. The van der Waals surface area contributed by atoms with Gasteiger partial charge in [0, 0.05) is 5.56 Å². The first kappa shape index (κ1) is 15.3. The number of hydrogen-bond donors (Lipinski definition) is 1. The number of carboxylic acids is 1. The maximum Gasteiger partial charge on any atom is 0.377 e. The van der Waals surface area contributed by atoms with Crippen molar-refractivity contribution in [1.82, 2.24) is 0 Å². The molecule has 1 rings (SSSR count). The average Bonchev–Trinajstić information content (AvgIpc) is 2.35. The van der Waals surface area contributed by atoms with Crippen LogP contribution in [0.5, 0.6) is 11.5 Å². The zero-order valence-electron chi connectivity index (χ0n) is 11.1. The smallest absolute Gasteiger partial charge is 0.377 e. The molecule has 0 aliphatic heterocycles. The Kier molecular flexibility index (Phi) is 4.78. The quantitative estimate of drug-likeness (QED) is 0.665. The lowest BCUT2D eigenvalue weighted by atomic mass is 9.93. The molecule has 0 saturated carbocycles. The summed E-state index contributed by atoms with van der Waals surface area (Å²) in [5.41, 5.74) is 0.455. The molecule has 0 bridgehead atoms. The van der Waals surface area contributed by atoms with Crippen molar-refractivity contribution in [2.75, 3.05) is 14.2 Å². The molecule has 1 aromatic rings. The second-order valence-corrected chi connectivity index (χ2v) is 4.55. The van der Waals surface area contributed by atoms with Gasteiger partial charge in [0.05, 0.1) is 19.2 Å². The summed E-state index contributed by atoms with van der Waals surface area (Å²) in [6, 6.07) is 1.34. The molecule has 0 spiro atoms. The summed E-state index contributed by atoms with van der Waals surface area (Å²) >= 11 is 6.19. The van der Waals surface area contributed by atoms with E-state index in [2.05, 4.69) is 0 Å². The van der Waals surface area contributed by atoms with Gasteiger partial charge >= 0.3 is 5.97 Å². The van der Waals surface area contributed by atoms with Crippen molar-refractivity contribution < 1.29 is 24.2 Å². The monoisotopic (exact) mass is 286 g/mol. The molecular formula is C13H15ClO5. The molecule has 0 fully saturated rings. The van der Waals surface area contributed by atoms with Crippen molar-refractivity contribution in [1.29, 1.82) is 0 Å². The number of carbonyl (C=O) groups is 2. The summed E-state index contributed by atoms with van der Waals surface area (Å²) in [6.07, 6.45) is 0. The van der Waals surface area contributed by atoms with Gasteiger partial charge in [-0.15, -0.1) is 0 Å². The summed E-state index contributed by atoms with van der Waals surface area (Å²) in [4.78, 5) is 22.6. The van der Waals surface area contributed by atoms with E-state index in [1.165, 1.54) is 20.3 Å². The topological polar surface area (TPSA) is 72.8 Å². The Morgan fingerprint density at radius 3 is 2.21 bits per heavy atom. The molecule has 0 atom stereocenters. The van der Waals surface area contributed by atoms with Gasteiger partial charge in [-0.25, -0.2) is 4.79 Å². The number of ketones is 1. The van der Waals surface area contributed by atoms with Gasteiger partial charge in [0.15, 0.2) is 11.5 Å². The van der Waals surface area contributed by atoms with E-state index in [0.717, 1.165) is 0 Å². The van der Waals surface area contributed by atoms with E-state index in [9.17, 15) is 9.59 Å². The van der Waals surface area contributed by atoms with Crippen LogP contribution < -0.4 is 9.47 Å². The fourth-order valence-electron chi connectivity index (χ4n) is 1.83. The third-order valence-electron chi connectivity index (χ3n) is 2.67. The third kappa shape index (κ3) is 2.81. The molecule has 0 heterocycles. The van der Waals surface area contributed by atoms with Crippen LogP contribution in [0.3, 0.4) is 0 Å². The molecule has 1 aromatic carbocycles. The Morgan fingerprint density at radius 2 is 1.84 bits per heavy atom. The van der Waals surface area contributed by atoms with E-state index < -0.39 is 11.8 Å². The average molecular weight is 287 g/mol. The van der Waals surface area contributed by atoms with Gasteiger partial charge in [-0.1, -0.05) is 25.4 Å². The first-order valence-corrected chi connectivity index (χ1v) is 5.94. The number of ether oxygens (including phenoxy) is 2. The van der Waals surface area contributed by atoms with Crippen LogP contribution in [0.2, 0.25) is 5.02 Å². The molecule has 5 nitrogen and oxygen atoms in total. The molecule has 0 aliphatic rings. The number of benzene rings is 1. The summed E-state index contributed by atoms with van der Waals surface area (Å²) in [5.74, 6) is -2.18. The zero-order chi connectivity index (χ0) is 14.7. The van der Waals surface area contributed by atoms with Crippen molar-refractivity contribution in [3.63, 3.8) is 0 Å². The lowest BCUT2D eigenvalue weighted by Gasteiger charge is -2.18. The van der Waals surface area contributed by atoms with Crippen LogP contribution in [0.4, 0.5) is 0 Å². The van der Waals surface area contributed by atoms with E-state index in [0.29, 0.717) is 5.56 Å². The minimum Gasteiger partial charge on any atom is -0.493 e. The second-order valence-electron chi connectivity index (χ2n) is 4.18. The van der Waals surface area contributed by atoms with Gasteiger partial charge in [0.1, 0.15) is 0 Å².